The van der Waals surface area contributed by atoms with Gasteiger partial charge in [-0.3, -0.25) is 9.78 Å². The summed E-state index contributed by atoms with van der Waals surface area (Å²) in [6, 6.07) is 18.1. The molecule has 0 atom stereocenters. The fourth-order valence-electron chi connectivity index (χ4n) is 7.04. The van der Waals surface area contributed by atoms with Gasteiger partial charge in [0.1, 0.15) is 11.2 Å². The first-order valence-corrected chi connectivity index (χ1v) is 20.6. The van der Waals surface area contributed by atoms with Crippen LogP contribution in [0.3, 0.4) is 0 Å². The van der Waals surface area contributed by atoms with E-state index in [2.05, 4.69) is 90.7 Å². The van der Waals surface area contributed by atoms with E-state index in [1.807, 2.05) is 32.0 Å². The van der Waals surface area contributed by atoms with Crippen LogP contribution in [-0.4, -0.2) is 22.1 Å². The third kappa shape index (κ3) is 11.1. The van der Waals surface area contributed by atoms with Gasteiger partial charge in [-0.1, -0.05) is 117 Å². The predicted molar refractivity (Wildman–Crippen MR) is 232 cm³/mol. The van der Waals surface area contributed by atoms with Crippen LogP contribution in [-0.2, 0) is 42.9 Å². The van der Waals surface area contributed by atoms with Crippen molar-refractivity contribution in [1.29, 1.82) is 0 Å². The van der Waals surface area contributed by atoms with Crippen LogP contribution in [0.4, 0.5) is 26.3 Å². The Morgan fingerprint density at radius 3 is 1.87 bits per heavy atom. The number of aliphatic hydroxyl groups excluding tert-OH is 1. The van der Waals surface area contributed by atoms with Crippen LogP contribution in [0.1, 0.15) is 129 Å². The Bertz CT molecular complexity index is 2380. The second-order valence-electron chi connectivity index (χ2n) is 19.7. The number of aliphatic hydroxyl groups is 1. The average Bonchev–Trinajstić information content (AvgIpc) is 3.44. The van der Waals surface area contributed by atoms with Gasteiger partial charge in [-0.2, -0.15) is 26.3 Å². The molecule has 0 bridgehead atoms. The molecule has 0 aliphatic carbocycles. The summed E-state index contributed by atoms with van der Waals surface area (Å²) in [4.78, 5) is 16.9. The maximum Gasteiger partial charge on any atom is 0.418 e. The van der Waals surface area contributed by atoms with Crippen molar-refractivity contribution in [2.45, 2.75) is 134 Å². The smallest absolute Gasteiger partial charge is 0.418 e. The second-order valence-corrected chi connectivity index (χ2v) is 20.7. The molecule has 3 nitrogen and oxygen atoms in total. The predicted octanol–water partition coefficient (Wildman–Crippen LogP) is 15.9. The standard InChI is InChI=1S/C38H41F3NS.C11H17F3O2.Ir/c1-21(2)30-32-29(38(39,40)41)20-42-33(26-17-25-13-11-12-14-27(25)28(18-26)37(8,9)10)35(32)43-34(30)31-22(3)15-24(16-23(31)4)19-36(5,6)7;1-9(2,3)7(15)6-8(16)10(4,5)11(12,13)14;/h11-16,18,20-21H,19H2,1-10H3;6,15H,1-5H3;/q-1;;/b;7-6-;. The van der Waals surface area contributed by atoms with E-state index in [1.165, 1.54) is 16.9 Å². The number of hydrogen-bond donors (Lipinski definition) is 1. The molecule has 0 unspecified atom stereocenters. The number of aromatic nitrogens is 1. The Morgan fingerprint density at radius 1 is 0.850 bits per heavy atom. The second kappa shape index (κ2) is 17.7. The Balaban J connectivity index is 0.000000481. The van der Waals surface area contributed by atoms with E-state index in [9.17, 15) is 36.2 Å². The number of allylic oxidation sites excluding steroid dienone is 2. The zero-order valence-corrected chi connectivity index (χ0v) is 40.5. The van der Waals surface area contributed by atoms with Gasteiger partial charge in [0.15, 0.2) is 5.78 Å². The Labute approximate surface area is 369 Å². The minimum atomic E-state index is -4.63. The summed E-state index contributed by atoms with van der Waals surface area (Å²) in [5.74, 6) is -1.62. The molecule has 3 aromatic carbocycles. The third-order valence-electron chi connectivity index (χ3n) is 10.4. The molecule has 0 aliphatic heterocycles. The van der Waals surface area contributed by atoms with Gasteiger partial charge in [-0.25, -0.2) is 0 Å². The van der Waals surface area contributed by atoms with Crippen LogP contribution in [0.2, 0.25) is 0 Å². The number of halogens is 6. The van der Waals surface area contributed by atoms with E-state index in [0.717, 1.165) is 75.5 Å². The van der Waals surface area contributed by atoms with Crippen LogP contribution in [0.15, 0.2) is 60.5 Å². The van der Waals surface area contributed by atoms with E-state index in [4.69, 9.17) is 0 Å². The molecular formula is C49H58F6IrNO2S-. The fraction of sp³-hybridized carbons (Fsp3) is 0.469. The molecule has 0 spiro atoms. The molecule has 5 aromatic rings. The van der Waals surface area contributed by atoms with E-state index in [-0.39, 0.29) is 48.0 Å². The van der Waals surface area contributed by atoms with Crippen LogP contribution in [0.5, 0.6) is 0 Å². The Hall–Kier alpha value is -3.53. The molecule has 1 radical (unpaired) electrons. The third-order valence-corrected chi connectivity index (χ3v) is 11.6. The number of nitrogens with zero attached hydrogens (tertiary/aromatic N) is 1. The minimum absolute atomic E-state index is 0. The van der Waals surface area contributed by atoms with E-state index >= 15 is 0 Å². The first kappa shape index (κ1) is 50.8. The molecule has 60 heavy (non-hydrogen) atoms. The number of aryl methyl sites for hydroxylation is 2. The number of fused-ring (bicyclic) bond motifs is 2. The van der Waals surface area contributed by atoms with Crippen LogP contribution >= 0.6 is 11.3 Å². The van der Waals surface area contributed by atoms with E-state index in [1.54, 1.807) is 20.8 Å². The van der Waals surface area contributed by atoms with Gasteiger partial charge in [-0.15, -0.1) is 40.5 Å². The molecule has 0 fully saturated rings. The number of benzene rings is 3. The molecule has 0 saturated heterocycles. The summed E-state index contributed by atoms with van der Waals surface area (Å²) in [5.41, 5.74) is 3.64. The molecule has 1 N–H and O–H groups in total. The number of hydrogen-bond acceptors (Lipinski definition) is 4. The molecule has 5 rings (SSSR count). The number of carbonyl (C=O) groups is 1. The topological polar surface area (TPSA) is 50.2 Å². The van der Waals surface area contributed by atoms with Crippen molar-refractivity contribution >= 4 is 38.0 Å². The number of alkyl halides is 6. The summed E-state index contributed by atoms with van der Waals surface area (Å²) in [5, 5.41) is 11.8. The zero-order chi connectivity index (χ0) is 45.0. The number of ketones is 1. The van der Waals surface area contributed by atoms with E-state index in [0.29, 0.717) is 16.5 Å². The molecular weight excluding hydrogens is 973 g/mol. The molecule has 0 amide bonds. The number of carbonyl (C=O) groups excluding carboxylic acids is 1. The summed E-state index contributed by atoms with van der Waals surface area (Å²) >= 11 is 1.44. The summed E-state index contributed by atoms with van der Waals surface area (Å²) in [6.07, 6.45) is -6.53. The summed E-state index contributed by atoms with van der Waals surface area (Å²) in [6.45, 7) is 27.7. The summed E-state index contributed by atoms with van der Waals surface area (Å²) < 4.78 is 82.0. The number of pyridine rings is 1. The fourth-order valence-corrected chi connectivity index (χ4v) is 8.70. The van der Waals surface area contributed by atoms with Crippen molar-refractivity contribution in [3.63, 3.8) is 0 Å². The largest absolute Gasteiger partial charge is 0.512 e. The normalized spacial score (nSPS) is 13.4. The number of thiophene rings is 1. The van der Waals surface area contributed by atoms with Crippen molar-refractivity contribution < 1.29 is 56.3 Å². The van der Waals surface area contributed by atoms with Crippen molar-refractivity contribution in [1.82, 2.24) is 4.98 Å². The SMILES string of the molecule is CC(C)(C)/C(O)=C/C(=O)C(C)(C)C(F)(F)F.Cc1cc(CC(C)(C)C)cc(C)c1-c1sc2c(-c3[c-]c4ccccc4c(C(C)(C)C)c3)ncc(C(F)(F)F)c2c1C(C)C.[Ir]. The molecule has 329 valence electrons. The van der Waals surface area contributed by atoms with Gasteiger partial charge in [0.25, 0.3) is 0 Å². The van der Waals surface area contributed by atoms with Gasteiger partial charge in [0, 0.05) is 58.5 Å². The average molecular weight is 1030 g/mol. The van der Waals surface area contributed by atoms with Gasteiger partial charge >= 0.3 is 12.4 Å². The van der Waals surface area contributed by atoms with Crippen molar-refractivity contribution in [3.8, 4) is 21.7 Å². The summed E-state index contributed by atoms with van der Waals surface area (Å²) in [7, 11) is 0. The van der Waals surface area contributed by atoms with Gasteiger partial charge in [0.2, 0.25) is 0 Å². The first-order chi connectivity index (χ1) is 26.7. The maximum absolute atomic E-state index is 14.7. The van der Waals surface area contributed by atoms with Gasteiger partial charge < -0.3 is 5.11 Å². The molecule has 2 heterocycles. The van der Waals surface area contributed by atoms with Gasteiger partial charge in [0.05, 0.1) is 5.56 Å². The molecule has 0 aliphatic rings. The number of rotatable bonds is 6. The Kier molecular flexibility index (Phi) is 15.0. The minimum Gasteiger partial charge on any atom is -0.512 e. The van der Waals surface area contributed by atoms with Crippen LogP contribution in [0, 0.1) is 36.2 Å². The van der Waals surface area contributed by atoms with E-state index < -0.39 is 34.5 Å². The van der Waals surface area contributed by atoms with Crippen LogP contribution < -0.4 is 0 Å². The molecule has 11 heteroatoms. The van der Waals surface area contributed by atoms with Crippen molar-refractivity contribution in [3.05, 3.63) is 99.9 Å². The first-order valence-electron chi connectivity index (χ1n) is 19.8. The zero-order valence-electron chi connectivity index (χ0n) is 37.3. The Morgan fingerprint density at radius 2 is 1.40 bits per heavy atom. The molecule has 0 saturated carbocycles. The molecule has 2 aromatic heterocycles. The van der Waals surface area contributed by atoms with Crippen molar-refractivity contribution in [2.24, 2.45) is 16.2 Å². The quantitative estimate of drug-likeness (QED) is 0.0798. The van der Waals surface area contributed by atoms with Crippen molar-refractivity contribution in [2.75, 3.05) is 0 Å². The maximum atomic E-state index is 14.7. The van der Waals surface area contributed by atoms with Crippen LogP contribution in [0.25, 0.3) is 42.6 Å². The monoisotopic (exact) mass is 1030 g/mol. The van der Waals surface area contributed by atoms with Gasteiger partial charge in [-0.05, 0) is 78.7 Å².